The number of aliphatic hydroxyl groups excluding tert-OH is 1. The van der Waals surface area contributed by atoms with Gasteiger partial charge in [0.1, 0.15) is 0 Å². The fraction of sp³-hybridized carbons (Fsp3) is 0.619. The van der Waals surface area contributed by atoms with Crippen molar-refractivity contribution < 1.29 is 14.6 Å². The van der Waals surface area contributed by atoms with Gasteiger partial charge in [-0.3, -0.25) is 4.90 Å². The van der Waals surface area contributed by atoms with E-state index in [1.165, 1.54) is 11.1 Å². The van der Waals surface area contributed by atoms with Gasteiger partial charge in [0.25, 0.3) is 0 Å². The molecule has 0 radical (unpaired) electrons. The van der Waals surface area contributed by atoms with E-state index in [2.05, 4.69) is 44.8 Å². The van der Waals surface area contributed by atoms with E-state index in [1.807, 2.05) is 10.9 Å². The van der Waals surface area contributed by atoms with E-state index in [0.29, 0.717) is 19.2 Å². The number of ether oxygens (including phenoxy) is 2. The third kappa shape index (κ3) is 4.36. The molecule has 8 heteroatoms. The van der Waals surface area contributed by atoms with Gasteiger partial charge >= 0.3 is 0 Å². The zero-order valence-corrected chi connectivity index (χ0v) is 16.6. The molecule has 2 N–H and O–H groups in total. The lowest BCUT2D eigenvalue weighted by Gasteiger charge is -2.25. The molecule has 1 aromatic heterocycles. The summed E-state index contributed by atoms with van der Waals surface area (Å²) < 4.78 is 13.1. The van der Waals surface area contributed by atoms with Crippen LogP contribution in [0.4, 0.5) is 0 Å². The van der Waals surface area contributed by atoms with Crippen LogP contribution in [0.15, 0.2) is 30.5 Å². The molecule has 1 aliphatic carbocycles. The lowest BCUT2D eigenvalue weighted by molar-refractivity contribution is 0.0336. The summed E-state index contributed by atoms with van der Waals surface area (Å²) in [6.07, 6.45) is 3.37. The van der Waals surface area contributed by atoms with E-state index in [-0.39, 0.29) is 12.1 Å². The summed E-state index contributed by atoms with van der Waals surface area (Å²) in [6, 6.07) is 8.82. The van der Waals surface area contributed by atoms with Gasteiger partial charge in [-0.25, -0.2) is 4.68 Å². The molecule has 8 nitrogen and oxygen atoms in total. The Hall–Kier alpha value is -1.84. The lowest BCUT2D eigenvalue weighted by atomic mass is 10.1. The summed E-state index contributed by atoms with van der Waals surface area (Å²) in [5, 5.41) is 22.8. The molecule has 0 spiro atoms. The van der Waals surface area contributed by atoms with Gasteiger partial charge in [0.15, 0.2) is 0 Å². The van der Waals surface area contributed by atoms with E-state index in [1.54, 1.807) is 0 Å². The summed E-state index contributed by atoms with van der Waals surface area (Å²) in [5.74, 6) is 0. The highest BCUT2D eigenvalue weighted by atomic mass is 16.5. The second-order valence-electron chi connectivity index (χ2n) is 8.33. The zero-order valence-electron chi connectivity index (χ0n) is 16.6. The van der Waals surface area contributed by atoms with Gasteiger partial charge in [0.05, 0.1) is 50.3 Å². The van der Waals surface area contributed by atoms with Gasteiger partial charge < -0.3 is 19.9 Å². The quantitative estimate of drug-likeness (QED) is 0.707. The Balaban J connectivity index is 1.18. The summed E-state index contributed by atoms with van der Waals surface area (Å²) >= 11 is 0. The largest absolute Gasteiger partial charge is 0.389 e. The van der Waals surface area contributed by atoms with Crippen LogP contribution in [-0.4, -0.2) is 82.2 Å². The van der Waals surface area contributed by atoms with Crippen LogP contribution in [0.3, 0.4) is 0 Å². The van der Waals surface area contributed by atoms with Gasteiger partial charge in [0.2, 0.25) is 0 Å². The topological polar surface area (TPSA) is 84.7 Å². The van der Waals surface area contributed by atoms with Gasteiger partial charge in [-0.05, 0) is 24.0 Å². The van der Waals surface area contributed by atoms with Crippen LogP contribution >= 0.6 is 0 Å². The summed E-state index contributed by atoms with van der Waals surface area (Å²) in [7, 11) is 0. The van der Waals surface area contributed by atoms with Gasteiger partial charge in [-0.2, -0.15) is 0 Å². The Labute approximate surface area is 170 Å². The van der Waals surface area contributed by atoms with E-state index in [4.69, 9.17) is 9.47 Å². The molecule has 3 atom stereocenters. The molecular weight excluding hydrogens is 370 g/mol. The van der Waals surface area contributed by atoms with Crippen molar-refractivity contribution in [2.24, 2.45) is 0 Å². The van der Waals surface area contributed by atoms with Crippen molar-refractivity contribution in [3.8, 4) is 0 Å². The molecule has 2 aromatic rings. The van der Waals surface area contributed by atoms with E-state index in [0.717, 1.165) is 51.4 Å². The van der Waals surface area contributed by atoms with E-state index >= 15 is 0 Å². The Morgan fingerprint density at radius 1 is 1.14 bits per heavy atom. The number of aromatic nitrogens is 3. The molecule has 3 heterocycles. The molecule has 2 fully saturated rings. The third-order valence-corrected chi connectivity index (χ3v) is 6.22. The summed E-state index contributed by atoms with van der Waals surface area (Å²) in [4.78, 5) is 2.33. The lowest BCUT2D eigenvalue weighted by Crippen LogP contribution is -2.50. The van der Waals surface area contributed by atoms with Crippen LogP contribution in [-0.2, 0) is 35.4 Å². The Morgan fingerprint density at radius 2 is 1.90 bits per heavy atom. The fourth-order valence-electron chi connectivity index (χ4n) is 4.68. The molecular formula is C21H29N5O3. The first-order valence-electron chi connectivity index (χ1n) is 10.6. The van der Waals surface area contributed by atoms with Crippen LogP contribution in [0, 0.1) is 0 Å². The third-order valence-electron chi connectivity index (χ3n) is 6.22. The first-order chi connectivity index (χ1) is 14.2. The second-order valence-corrected chi connectivity index (χ2v) is 8.33. The van der Waals surface area contributed by atoms with Gasteiger partial charge in [0, 0.05) is 31.9 Å². The predicted octanol–water partition coefficient (Wildman–Crippen LogP) is -0.00440. The highest BCUT2D eigenvalue weighted by Crippen LogP contribution is 2.24. The number of aliphatic hydroxyl groups is 1. The molecule has 3 aliphatic rings. The highest BCUT2D eigenvalue weighted by Gasteiger charge is 2.38. The highest BCUT2D eigenvalue weighted by molar-refractivity contribution is 5.33. The minimum Gasteiger partial charge on any atom is -0.389 e. The maximum atomic E-state index is 10.5. The maximum Gasteiger partial charge on any atom is 0.0967 e. The zero-order chi connectivity index (χ0) is 19.6. The molecule has 1 aromatic carbocycles. The number of nitrogens with one attached hydrogen (secondary N) is 1. The normalized spacial score (nSPS) is 28.1. The van der Waals surface area contributed by atoms with Gasteiger partial charge in [-0.15, -0.1) is 5.10 Å². The predicted molar refractivity (Wildman–Crippen MR) is 106 cm³/mol. The standard InChI is InChI=1S/C21H29N5O3/c27-19-14-29-20(21(19)22-17-9-15-3-1-2-4-16(15)10-17)13-26-12-18(23-24-26)11-25-5-7-28-8-6-25/h1-4,12,17,19-22,27H,5-11,13-14H2/t19-,20+,21+/m0/s1. The molecule has 0 amide bonds. The number of rotatable bonds is 6. The minimum atomic E-state index is -0.500. The smallest absolute Gasteiger partial charge is 0.0967 e. The fourth-order valence-corrected chi connectivity index (χ4v) is 4.68. The molecule has 2 aliphatic heterocycles. The average molecular weight is 399 g/mol. The first-order valence-corrected chi connectivity index (χ1v) is 10.6. The summed E-state index contributed by atoms with van der Waals surface area (Å²) in [6.45, 7) is 5.16. The molecule has 0 saturated carbocycles. The first kappa shape index (κ1) is 19.1. The molecule has 29 heavy (non-hydrogen) atoms. The molecule has 0 unspecified atom stereocenters. The van der Waals surface area contributed by atoms with Crippen LogP contribution in [0.2, 0.25) is 0 Å². The van der Waals surface area contributed by atoms with Crippen LogP contribution in [0.5, 0.6) is 0 Å². The van der Waals surface area contributed by atoms with Crippen molar-refractivity contribution in [2.75, 3.05) is 32.9 Å². The number of morpholine rings is 1. The van der Waals surface area contributed by atoms with Crippen molar-refractivity contribution in [1.82, 2.24) is 25.2 Å². The Kier molecular flexibility index (Phi) is 5.61. The SMILES string of the molecule is O[C@H]1CO[C@H](Cn2cc(CN3CCOCC3)nn2)[C@@H]1NC1Cc2ccccc2C1. The van der Waals surface area contributed by atoms with Crippen molar-refractivity contribution in [3.63, 3.8) is 0 Å². The second kappa shape index (κ2) is 8.49. The number of hydrogen-bond donors (Lipinski definition) is 2. The minimum absolute atomic E-state index is 0.0961. The Bertz CT molecular complexity index is 797. The van der Waals surface area contributed by atoms with E-state index < -0.39 is 6.10 Å². The van der Waals surface area contributed by atoms with Crippen molar-refractivity contribution in [2.45, 2.75) is 50.2 Å². The van der Waals surface area contributed by atoms with Crippen molar-refractivity contribution in [3.05, 3.63) is 47.3 Å². The van der Waals surface area contributed by atoms with E-state index in [9.17, 15) is 5.11 Å². The van der Waals surface area contributed by atoms with Crippen LogP contribution in [0.25, 0.3) is 0 Å². The van der Waals surface area contributed by atoms with Crippen LogP contribution < -0.4 is 5.32 Å². The van der Waals surface area contributed by atoms with Crippen molar-refractivity contribution in [1.29, 1.82) is 0 Å². The maximum absolute atomic E-state index is 10.5. The molecule has 2 saturated heterocycles. The molecule has 156 valence electrons. The molecule has 5 rings (SSSR count). The Morgan fingerprint density at radius 3 is 2.66 bits per heavy atom. The monoisotopic (exact) mass is 399 g/mol. The number of fused-ring (bicyclic) bond motifs is 1. The number of hydrogen-bond acceptors (Lipinski definition) is 7. The summed E-state index contributed by atoms with van der Waals surface area (Å²) in [5.41, 5.74) is 3.76. The van der Waals surface area contributed by atoms with Crippen molar-refractivity contribution >= 4 is 0 Å². The average Bonchev–Trinajstić information content (AvgIpc) is 3.44. The van der Waals surface area contributed by atoms with Gasteiger partial charge in [-0.1, -0.05) is 29.5 Å². The molecule has 0 bridgehead atoms. The number of benzene rings is 1. The van der Waals surface area contributed by atoms with Crippen LogP contribution in [0.1, 0.15) is 16.8 Å². The number of nitrogens with zero attached hydrogens (tertiary/aromatic N) is 4.